The smallest absolute Gasteiger partial charge is 0.307 e. The number of carboxylic acid groups (broad SMARTS) is 1. The fourth-order valence-corrected chi connectivity index (χ4v) is 9.14. The standard InChI is InChI=1S/C23H35NO5.C23H37NO4/c1-13(2)8-14-9-17(10-14)22-20(15-6-7-15)21(24-29-22)16(11-18(25)26)12-19(27)28-23(3,4)5;1-14(2)10-15-11-18(12-15)22-20(16-6-7-16)21(24-28-22)17(8-9-25)13-19(26)27-23(3,4)5/h13-17H,6-12H2,1-5H3,(H,25,26);14-18,25H,6-13H2,1-5H3. The maximum atomic E-state index is 12.4. The van der Waals surface area contributed by atoms with Crippen molar-refractivity contribution in [2.45, 2.75) is 206 Å². The van der Waals surface area contributed by atoms with Crippen LogP contribution < -0.4 is 0 Å². The number of hydrogen-bond donors (Lipinski definition) is 2. The van der Waals surface area contributed by atoms with Crippen molar-refractivity contribution in [2.75, 3.05) is 6.61 Å². The molecule has 11 nitrogen and oxygen atoms in total. The molecule has 11 heteroatoms. The summed E-state index contributed by atoms with van der Waals surface area (Å²) in [6.07, 6.45) is 12.2. The molecule has 2 aromatic rings. The summed E-state index contributed by atoms with van der Waals surface area (Å²) >= 11 is 0. The Hall–Kier alpha value is -3.21. The average Bonchev–Trinajstić information content (AvgIpc) is 3.97. The topological polar surface area (TPSA) is 162 Å². The van der Waals surface area contributed by atoms with E-state index in [4.69, 9.17) is 18.5 Å². The molecule has 0 amide bonds. The fourth-order valence-electron chi connectivity index (χ4n) is 9.14. The van der Waals surface area contributed by atoms with Crippen LogP contribution in [0.4, 0.5) is 0 Å². The van der Waals surface area contributed by atoms with Crippen LogP contribution in [0.1, 0.15) is 229 Å². The number of carboxylic acids is 1. The number of nitrogens with zero attached hydrogens (tertiary/aromatic N) is 2. The van der Waals surface area contributed by atoms with Gasteiger partial charge in [0.05, 0.1) is 30.7 Å². The number of carbonyl (C=O) groups excluding carboxylic acids is 2. The molecule has 4 aliphatic carbocycles. The van der Waals surface area contributed by atoms with E-state index in [0.29, 0.717) is 41.7 Å². The Kier molecular flexibility index (Phi) is 14.8. The second-order valence-corrected chi connectivity index (χ2v) is 20.7. The SMILES string of the molecule is CC(C)CC1CC(c2onc(C(CC(=O)O)CC(=O)OC(C)(C)C)c2C2CC2)C1.CC(C)CC1CC(c2onc(C(CCO)CC(=O)OC(C)(C)C)c2C2CC2)C1. The lowest BCUT2D eigenvalue weighted by molar-refractivity contribution is -0.156. The van der Waals surface area contributed by atoms with E-state index in [1.807, 2.05) is 41.5 Å². The molecule has 4 aliphatic rings. The van der Waals surface area contributed by atoms with Crippen molar-refractivity contribution < 1.29 is 43.1 Å². The van der Waals surface area contributed by atoms with Crippen molar-refractivity contribution in [3.8, 4) is 0 Å². The van der Waals surface area contributed by atoms with Gasteiger partial charge in [0.15, 0.2) is 0 Å². The Labute approximate surface area is 340 Å². The first-order valence-corrected chi connectivity index (χ1v) is 22.0. The molecular weight excluding hydrogens is 725 g/mol. The summed E-state index contributed by atoms with van der Waals surface area (Å²) in [5.41, 5.74) is 2.79. The van der Waals surface area contributed by atoms with Crippen LogP contribution in [0.3, 0.4) is 0 Å². The third-order valence-corrected chi connectivity index (χ3v) is 11.7. The van der Waals surface area contributed by atoms with Crippen molar-refractivity contribution >= 4 is 17.9 Å². The summed E-state index contributed by atoms with van der Waals surface area (Å²) in [4.78, 5) is 36.3. The van der Waals surface area contributed by atoms with Crippen LogP contribution in [0, 0.1) is 23.7 Å². The minimum absolute atomic E-state index is 0.00983. The molecule has 4 fully saturated rings. The molecule has 0 spiro atoms. The first kappa shape index (κ1) is 44.9. The molecule has 0 bridgehead atoms. The summed E-state index contributed by atoms with van der Waals surface area (Å²) in [7, 11) is 0. The van der Waals surface area contributed by atoms with Crippen LogP contribution in [0.5, 0.6) is 0 Å². The van der Waals surface area contributed by atoms with E-state index in [0.717, 1.165) is 66.2 Å². The number of rotatable bonds is 18. The zero-order valence-corrected chi connectivity index (χ0v) is 36.5. The first-order chi connectivity index (χ1) is 26.7. The first-order valence-electron chi connectivity index (χ1n) is 22.0. The lowest BCUT2D eigenvalue weighted by atomic mass is 9.69. The highest BCUT2D eigenvalue weighted by Crippen LogP contribution is 2.54. The molecule has 2 aromatic heterocycles. The Morgan fingerprint density at radius 3 is 1.37 bits per heavy atom. The summed E-state index contributed by atoms with van der Waals surface area (Å²) in [6.45, 7) is 20.2. The average molecular weight is 797 g/mol. The Morgan fingerprint density at radius 1 is 0.649 bits per heavy atom. The van der Waals surface area contributed by atoms with Gasteiger partial charge >= 0.3 is 17.9 Å². The van der Waals surface area contributed by atoms with Crippen LogP contribution in [0.25, 0.3) is 0 Å². The van der Waals surface area contributed by atoms with Gasteiger partial charge in [0.25, 0.3) is 0 Å². The van der Waals surface area contributed by atoms with Gasteiger partial charge in [0.2, 0.25) is 0 Å². The van der Waals surface area contributed by atoms with E-state index < -0.39 is 29.1 Å². The van der Waals surface area contributed by atoms with Crippen LogP contribution in [-0.2, 0) is 23.9 Å². The number of hydrogen-bond acceptors (Lipinski definition) is 10. The molecule has 4 saturated carbocycles. The number of aliphatic carboxylic acids is 1. The molecule has 0 aliphatic heterocycles. The molecule has 0 aromatic carbocycles. The molecule has 0 saturated heterocycles. The van der Waals surface area contributed by atoms with Crippen molar-refractivity contribution in [3.05, 3.63) is 34.0 Å². The maximum absolute atomic E-state index is 12.4. The highest BCUT2D eigenvalue weighted by atomic mass is 16.6. The minimum Gasteiger partial charge on any atom is -0.481 e. The van der Waals surface area contributed by atoms with Gasteiger partial charge in [-0.05, 0) is 148 Å². The van der Waals surface area contributed by atoms with E-state index in [-0.39, 0.29) is 37.8 Å². The van der Waals surface area contributed by atoms with E-state index in [1.165, 1.54) is 44.1 Å². The summed E-state index contributed by atoms with van der Waals surface area (Å²) in [6, 6.07) is 0. The largest absolute Gasteiger partial charge is 0.481 e. The molecule has 320 valence electrons. The van der Waals surface area contributed by atoms with Gasteiger partial charge in [-0.15, -0.1) is 0 Å². The number of aliphatic hydroxyl groups excluding tert-OH is 1. The molecule has 2 heterocycles. The number of carbonyl (C=O) groups is 3. The van der Waals surface area contributed by atoms with E-state index >= 15 is 0 Å². The van der Waals surface area contributed by atoms with Crippen LogP contribution >= 0.6 is 0 Å². The zero-order chi connectivity index (χ0) is 41.8. The van der Waals surface area contributed by atoms with Crippen molar-refractivity contribution in [1.29, 1.82) is 0 Å². The van der Waals surface area contributed by atoms with Gasteiger partial charge in [0.1, 0.15) is 22.7 Å². The van der Waals surface area contributed by atoms with E-state index in [9.17, 15) is 24.6 Å². The summed E-state index contributed by atoms with van der Waals surface area (Å²) in [5.74, 6) is 4.50. The highest BCUT2D eigenvalue weighted by molar-refractivity contribution is 5.74. The monoisotopic (exact) mass is 797 g/mol. The molecule has 2 atom stereocenters. The minimum atomic E-state index is -0.939. The Morgan fingerprint density at radius 2 is 1.04 bits per heavy atom. The second-order valence-electron chi connectivity index (χ2n) is 20.7. The predicted molar refractivity (Wildman–Crippen MR) is 217 cm³/mol. The number of esters is 2. The van der Waals surface area contributed by atoms with Crippen LogP contribution in [0.15, 0.2) is 9.05 Å². The molecule has 6 rings (SSSR count). The Balaban J connectivity index is 0.000000218. The van der Waals surface area contributed by atoms with Gasteiger partial charge in [0, 0.05) is 41.4 Å². The van der Waals surface area contributed by atoms with Crippen molar-refractivity contribution in [2.24, 2.45) is 23.7 Å². The maximum Gasteiger partial charge on any atom is 0.307 e. The summed E-state index contributed by atoms with van der Waals surface area (Å²) < 4.78 is 22.6. The molecule has 0 radical (unpaired) electrons. The molecular formula is C46H72N2O9. The van der Waals surface area contributed by atoms with E-state index in [1.54, 1.807) is 0 Å². The fraction of sp³-hybridized carbons (Fsp3) is 0.804. The van der Waals surface area contributed by atoms with Gasteiger partial charge in [-0.25, -0.2) is 0 Å². The number of ether oxygens (including phenoxy) is 2. The van der Waals surface area contributed by atoms with Gasteiger partial charge in [-0.1, -0.05) is 38.0 Å². The van der Waals surface area contributed by atoms with Gasteiger partial charge in [-0.2, -0.15) is 0 Å². The lowest BCUT2D eigenvalue weighted by Crippen LogP contribution is -2.26. The molecule has 57 heavy (non-hydrogen) atoms. The predicted octanol–water partition coefficient (Wildman–Crippen LogP) is 10.7. The van der Waals surface area contributed by atoms with Crippen molar-refractivity contribution in [1.82, 2.24) is 10.3 Å². The molecule has 2 N–H and O–H groups in total. The van der Waals surface area contributed by atoms with Gasteiger partial charge in [-0.3, -0.25) is 14.4 Å². The third-order valence-electron chi connectivity index (χ3n) is 11.7. The van der Waals surface area contributed by atoms with E-state index in [2.05, 4.69) is 38.0 Å². The lowest BCUT2D eigenvalue weighted by Gasteiger charge is -2.35. The quantitative estimate of drug-likeness (QED) is 0.138. The van der Waals surface area contributed by atoms with Crippen LogP contribution in [-0.4, -0.2) is 56.2 Å². The zero-order valence-electron chi connectivity index (χ0n) is 36.5. The Bertz CT molecular complexity index is 1640. The van der Waals surface area contributed by atoms with Gasteiger partial charge < -0.3 is 28.7 Å². The number of aliphatic hydroxyl groups is 1. The second kappa shape index (κ2) is 18.8. The molecule has 2 unspecified atom stereocenters. The normalized spacial score (nSPS) is 23.2. The van der Waals surface area contributed by atoms with Crippen LogP contribution in [0.2, 0.25) is 0 Å². The summed E-state index contributed by atoms with van der Waals surface area (Å²) in [5, 5.41) is 27.8. The number of aromatic nitrogens is 2. The van der Waals surface area contributed by atoms with Crippen molar-refractivity contribution in [3.63, 3.8) is 0 Å². The highest BCUT2D eigenvalue weighted by Gasteiger charge is 2.43. The third kappa shape index (κ3) is 13.1.